The molecule has 7 nitrogen and oxygen atoms in total. The third-order valence-electron chi connectivity index (χ3n) is 6.61. The number of alkyl halides is 3. The van der Waals surface area contributed by atoms with E-state index >= 15 is 0 Å². The summed E-state index contributed by atoms with van der Waals surface area (Å²) in [6, 6.07) is 7.53. The Bertz CT molecular complexity index is 965. The lowest BCUT2D eigenvalue weighted by Gasteiger charge is -2.30. The SMILES string of the molecule is N#C[C@@H]1C[C@@]2(CN1C(=O)C(=O)NC1CCC(C(F)(F)F)CC1)C(=O)Nc1ccccc12. The van der Waals surface area contributed by atoms with Crippen LogP contribution in [0.3, 0.4) is 0 Å². The highest BCUT2D eigenvalue weighted by Crippen LogP contribution is 2.46. The number of halogens is 3. The van der Waals surface area contributed by atoms with Gasteiger partial charge in [0, 0.05) is 24.7 Å². The molecule has 1 aromatic carbocycles. The fourth-order valence-electron chi connectivity index (χ4n) is 4.91. The summed E-state index contributed by atoms with van der Waals surface area (Å²) in [6.45, 7) is -0.110. The van der Waals surface area contributed by atoms with E-state index in [0.29, 0.717) is 11.3 Å². The molecule has 1 saturated heterocycles. The molecular weight excluding hydrogens is 413 g/mol. The molecule has 1 aliphatic carbocycles. The van der Waals surface area contributed by atoms with Crippen LogP contribution in [0.2, 0.25) is 0 Å². The fourth-order valence-corrected chi connectivity index (χ4v) is 4.91. The summed E-state index contributed by atoms with van der Waals surface area (Å²) in [5, 5.41) is 14.8. The second kappa shape index (κ2) is 7.55. The van der Waals surface area contributed by atoms with Gasteiger partial charge in [-0.15, -0.1) is 0 Å². The molecule has 0 bridgehead atoms. The zero-order chi connectivity index (χ0) is 22.4. The lowest BCUT2D eigenvalue weighted by atomic mass is 9.80. The number of rotatable bonds is 1. The first-order valence-corrected chi connectivity index (χ1v) is 10.1. The smallest absolute Gasteiger partial charge is 0.345 e. The van der Waals surface area contributed by atoms with Crippen LogP contribution in [0.4, 0.5) is 18.9 Å². The minimum Gasteiger partial charge on any atom is -0.345 e. The first-order chi connectivity index (χ1) is 14.7. The molecule has 1 aromatic rings. The molecule has 3 amide bonds. The van der Waals surface area contributed by atoms with Crippen molar-refractivity contribution in [2.45, 2.75) is 55.8 Å². The molecule has 2 N–H and O–H groups in total. The van der Waals surface area contributed by atoms with Crippen molar-refractivity contribution < 1.29 is 27.6 Å². The molecule has 0 unspecified atom stereocenters. The zero-order valence-electron chi connectivity index (χ0n) is 16.5. The van der Waals surface area contributed by atoms with Crippen molar-refractivity contribution in [3.63, 3.8) is 0 Å². The largest absolute Gasteiger partial charge is 0.391 e. The van der Waals surface area contributed by atoms with E-state index in [1.165, 1.54) is 0 Å². The Morgan fingerprint density at radius 3 is 2.52 bits per heavy atom. The van der Waals surface area contributed by atoms with E-state index in [0.717, 1.165) is 4.90 Å². The van der Waals surface area contributed by atoms with Crippen LogP contribution in [0.5, 0.6) is 0 Å². The summed E-state index contributed by atoms with van der Waals surface area (Å²) in [4.78, 5) is 39.2. The minimum absolute atomic E-state index is 0.0715. The predicted molar refractivity (Wildman–Crippen MR) is 102 cm³/mol. The summed E-state index contributed by atoms with van der Waals surface area (Å²) in [5.41, 5.74) is 0.198. The summed E-state index contributed by atoms with van der Waals surface area (Å²) in [5.74, 6) is -3.62. The molecule has 0 radical (unpaired) electrons. The van der Waals surface area contributed by atoms with E-state index in [1.54, 1.807) is 24.3 Å². The molecule has 2 atom stereocenters. The molecule has 3 aliphatic rings. The highest BCUT2D eigenvalue weighted by molar-refractivity contribution is 6.35. The molecule has 31 heavy (non-hydrogen) atoms. The maximum atomic E-state index is 12.8. The maximum Gasteiger partial charge on any atom is 0.391 e. The quantitative estimate of drug-likeness (QED) is 0.662. The number of hydrogen-bond donors (Lipinski definition) is 2. The minimum atomic E-state index is -4.26. The van der Waals surface area contributed by atoms with Crippen LogP contribution in [0.15, 0.2) is 24.3 Å². The van der Waals surface area contributed by atoms with E-state index in [4.69, 9.17) is 0 Å². The number of anilines is 1. The Labute approximate surface area is 176 Å². The first-order valence-electron chi connectivity index (χ1n) is 10.1. The van der Waals surface area contributed by atoms with Crippen LogP contribution >= 0.6 is 0 Å². The third kappa shape index (κ3) is 3.62. The number of hydrogen-bond acceptors (Lipinski definition) is 4. The molecule has 1 saturated carbocycles. The summed E-state index contributed by atoms with van der Waals surface area (Å²) < 4.78 is 38.4. The molecule has 2 aliphatic heterocycles. The molecule has 4 rings (SSSR count). The van der Waals surface area contributed by atoms with E-state index < -0.39 is 41.4 Å². The number of likely N-dealkylation sites (tertiary alicyclic amines) is 1. The zero-order valence-corrected chi connectivity index (χ0v) is 16.5. The third-order valence-corrected chi connectivity index (χ3v) is 6.61. The van der Waals surface area contributed by atoms with Crippen LogP contribution in [0.1, 0.15) is 37.7 Å². The number of nitriles is 1. The Kier molecular flexibility index (Phi) is 5.15. The number of carbonyl (C=O) groups is 3. The first kappa shape index (κ1) is 21.2. The van der Waals surface area contributed by atoms with Gasteiger partial charge in [-0.25, -0.2) is 0 Å². The number of benzene rings is 1. The molecular formula is C21H21F3N4O3. The van der Waals surface area contributed by atoms with Crippen molar-refractivity contribution in [2.75, 3.05) is 11.9 Å². The second-order valence-corrected chi connectivity index (χ2v) is 8.43. The van der Waals surface area contributed by atoms with E-state index in [9.17, 15) is 32.8 Å². The van der Waals surface area contributed by atoms with Crippen LogP contribution < -0.4 is 10.6 Å². The molecule has 2 fully saturated rings. The van der Waals surface area contributed by atoms with Crippen molar-refractivity contribution in [1.82, 2.24) is 10.2 Å². The lowest BCUT2D eigenvalue weighted by Crippen LogP contribution is -2.50. The molecule has 164 valence electrons. The van der Waals surface area contributed by atoms with Crippen molar-refractivity contribution >= 4 is 23.4 Å². The van der Waals surface area contributed by atoms with Gasteiger partial charge in [-0.1, -0.05) is 18.2 Å². The predicted octanol–water partition coefficient (Wildman–Crippen LogP) is 2.24. The topological polar surface area (TPSA) is 102 Å². The van der Waals surface area contributed by atoms with Gasteiger partial charge in [-0.05, 0) is 37.3 Å². The maximum absolute atomic E-state index is 12.8. The van der Waals surface area contributed by atoms with Gasteiger partial charge in [0.2, 0.25) is 5.91 Å². The van der Waals surface area contributed by atoms with E-state index in [-0.39, 0.29) is 44.6 Å². The second-order valence-electron chi connectivity index (χ2n) is 8.43. The normalized spacial score (nSPS) is 29.9. The standard InChI is InChI=1S/C21H21F3N4O3/c22-21(23,24)12-5-7-13(8-6-12)26-17(29)18(30)28-11-20(9-14(28)10-25)15-3-1-2-4-16(15)27-19(20)31/h1-4,12-14H,5-9,11H2,(H,26,29)(H,27,31)/t12?,13?,14-,20-/m0/s1. The number of nitrogens with one attached hydrogen (secondary N) is 2. The van der Waals surface area contributed by atoms with Gasteiger partial charge in [-0.2, -0.15) is 18.4 Å². The molecule has 0 aromatic heterocycles. The number of carbonyl (C=O) groups excluding carboxylic acids is 3. The Hall–Kier alpha value is -3.09. The summed E-state index contributed by atoms with van der Waals surface area (Å²) in [6.07, 6.45) is -4.13. The average Bonchev–Trinajstić information content (AvgIpc) is 3.26. The van der Waals surface area contributed by atoms with Crippen molar-refractivity contribution in [1.29, 1.82) is 5.26 Å². The van der Waals surface area contributed by atoms with Crippen molar-refractivity contribution in [3.8, 4) is 6.07 Å². The van der Waals surface area contributed by atoms with Crippen LogP contribution in [-0.2, 0) is 19.8 Å². The number of para-hydroxylation sites is 1. The van der Waals surface area contributed by atoms with Gasteiger partial charge in [0.25, 0.3) is 0 Å². The van der Waals surface area contributed by atoms with Crippen LogP contribution in [-0.4, -0.2) is 47.4 Å². The van der Waals surface area contributed by atoms with Crippen molar-refractivity contribution in [2.24, 2.45) is 5.92 Å². The molecule has 1 spiro atoms. The van der Waals surface area contributed by atoms with E-state index in [1.807, 2.05) is 6.07 Å². The van der Waals surface area contributed by atoms with Crippen molar-refractivity contribution in [3.05, 3.63) is 29.8 Å². The summed E-state index contributed by atoms with van der Waals surface area (Å²) >= 11 is 0. The monoisotopic (exact) mass is 434 g/mol. The lowest BCUT2D eigenvalue weighted by molar-refractivity contribution is -0.182. The number of nitrogens with zero attached hydrogens (tertiary/aromatic N) is 2. The fraction of sp³-hybridized carbons (Fsp3) is 0.524. The van der Waals surface area contributed by atoms with Gasteiger partial charge in [0.1, 0.15) is 6.04 Å². The summed E-state index contributed by atoms with van der Waals surface area (Å²) in [7, 11) is 0. The highest BCUT2D eigenvalue weighted by atomic mass is 19.4. The number of amides is 3. The highest BCUT2D eigenvalue weighted by Gasteiger charge is 2.56. The van der Waals surface area contributed by atoms with E-state index in [2.05, 4.69) is 10.6 Å². The van der Waals surface area contributed by atoms with Gasteiger partial charge in [0.05, 0.1) is 17.4 Å². The van der Waals surface area contributed by atoms with Crippen LogP contribution in [0, 0.1) is 17.2 Å². The van der Waals surface area contributed by atoms with Gasteiger partial charge in [0.15, 0.2) is 0 Å². The van der Waals surface area contributed by atoms with Crippen LogP contribution in [0.25, 0.3) is 0 Å². The molecule has 2 heterocycles. The van der Waals surface area contributed by atoms with Gasteiger partial charge >= 0.3 is 18.0 Å². The van der Waals surface area contributed by atoms with Gasteiger partial charge in [-0.3, -0.25) is 14.4 Å². The Balaban J connectivity index is 1.45. The van der Waals surface area contributed by atoms with Gasteiger partial charge < -0.3 is 15.5 Å². The molecule has 10 heteroatoms. The Morgan fingerprint density at radius 1 is 1.19 bits per heavy atom. The Morgan fingerprint density at radius 2 is 1.87 bits per heavy atom. The number of fused-ring (bicyclic) bond motifs is 2. The average molecular weight is 434 g/mol.